The van der Waals surface area contributed by atoms with Crippen LogP contribution in [0.2, 0.25) is 0 Å². The summed E-state index contributed by atoms with van der Waals surface area (Å²) in [6.07, 6.45) is 5.46. The largest absolute Gasteiger partial charge is 0.481 e. The van der Waals surface area contributed by atoms with Gasteiger partial charge in [-0.1, -0.05) is 33.6 Å². The number of carbonyl (C=O) groups is 1. The van der Waals surface area contributed by atoms with E-state index in [0.29, 0.717) is 5.92 Å². The van der Waals surface area contributed by atoms with Crippen LogP contribution in [-0.2, 0) is 4.79 Å². The molecule has 0 saturated heterocycles. The molecule has 1 atom stereocenters. The monoisotopic (exact) mass is 280 g/mol. The number of aliphatic carboxylic acids is 1. The van der Waals surface area contributed by atoms with E-state index in [1.54, 1.807) is 4.68 Å². The molecule has 20 heavy (non-hydrogen) atoms. The van der Waals surface area contributed by atoms with Crippen molar-refractivity contribution in [2.75, 3.05) is 0 Å². The minimum Gasteiger partial charge on any atom is -0.481 e. The third-order valence-electron chi connectivity index (χ3n) is 3.84. The Balaban J connectivity index is 2.23. The number of nitrogens with zero attached hydrogens (tertiary/aromatic N) is 4. The molecule has 6 nitrogen and oxygen atoms in total. The maximum absolute atomic E-state index is 11.1. The summed E-state index contributed by atoms with van der Waals surface area (Å²) in [4.78, 5) is 11.1. The summed E-state index contributed by atoms with van der Waals surface area (Å²) >= 11 is 0. The van der Waals surface area contributed by atoms with Gasteiger partial charge in [0, 0.05) is 5.92 Å². The third-order valence-corrected chi connectivity index (χ3v) is 3.84. The van der Waals surface area contributed by atoms with Crippen LogP contribution >= 0.6 is 0 Å². The van der Waals surface area contributed by atoms with Gasteiger partial charge in [-0.2, -0.15) is 0 Å². The molecule has 1 heterocycles. The fourth-order valence-electron chi connectivity index (χ4n) is 3.07. The Kier molecular flexibility index (Phi) is 4.40. The Morgan fingerprint density at radius 3 is 2.60 bits per heavy atom. The zero-order valence-electron chi connectivity index (χ0n) is 12.5. The molecule has 1 fully saturated rings. The highest BCUT2D eigenvalue weighted by Gasteiger charge is 2.29. The highest BCUT2D eigenvalue weighted by molar-refractivity contribution is 5.67. The summed E-state index contributed by atoms with van der Waals surface area (Å²) in [6.45, 7) is 6.34. The highest BCUT2D eigenvalue weighted by atomic mass is 16.4. The van der Waals surface area contributed by atoms with Gasteiger partial charge in [0.2, 0.25) is 0 Å². The van der Waals surface area contributed by atoms with Gasteiger partial charge in [-0.25, -0.2) is 4.68 Å². The quantitative estimate of drug-likeness (QED) is 0.897. The van der Waals surface area contributed by atoms with E-state index >= 15 is 0 Å². The second-order valence-corrected chi connectivity index (χ2v) is 6.98. The van der Waals surface area contributed by atoms with Crippen LogP contribution in [0, 0.1) is 5.41 Å². The standard InChI is InChI=1S/C14H24N4O2/c1-14(2,3)9-11(8-12(19)20)18-13(15-16-17-18)10-6-4-5-7-10/h10-11H,4-9H2,1-3H3,(H,19,20). The smallest absolute Gasteiger partial charge is 0.305 e. The molecule has 1 unspecified atom stereocenters. The van der Waals surface area contributed by atoms with E-state index < -0.39 is 5.97 Å². The van der Waals surface area contributed by atoms with E-state index in [1.807, 2.05) is 0 Å². The Labute approximate surface area is 119 Å². The van der Waals surface area contributed by atoms with E-state index in [9.17, 15) is 4.79 Å². The van der Waals surface area contributed by atoms with Gasteiger partial charge < -0.3 is 5.11 Å². The molecular formula is C14H24N4O2. The molecule has 0 bridgehead atoms. The van der Waals surface area contributed by atoms with Gasteiger partial charge in [0.15, 0.2) is 5.82 Å². The second-order valence-electron chi connectivity index (χ2n) is 6.98. The van der Waals surface area contributed by atoms with Crippen LogP contribution in [0.4, 0.5) is 0 Å². The lowest BCUT2D eigenvalue weighted by molar-refractivity contribution is -0.138. The zero-order valence-corrected chi connectivity index (χ0v) is 12.5. The van der Waals surface area contributed by atoms with Crippen molar-refractivity contribution < 1.29 is 9.90 Å². The first kappa shape index (κ1) is 14.9. The van der Waals surface area contributed by atoms with Crippen molar-refractivity contribution in [2.45, 2.75) is 71.3 Å². The Hall–Kier alpha value is -1.46. The number of carboxylic acid groups (broad SMARTS) is 1. The maximum atomic E-state index is 11.1. The first-order valence-electron chi connectivity index (χ1n) is 7.36. The summed E-state index contributed by atoms with van der Waals surface area (Å²) in [6, 6.07) is -0.168. The van der Waals surface area contributed by atoms with Crippen molar-refractivity contribution in [1.82, 2.24) is 20.2 Å². The average molecular weight is 280 g/mol. The molecule has 112 valence electrons. The molecule has 1 aliphatic carbocycles. The fraction of sp³-hybridized carbons (Fsp3) is 0.857. The molecule has 1 aromatic heterocycles. The average Bonchev–Trinajstić information content (AvgIpc) is 2.96. The first-order chi connectivity index (χ1) is 9.37. The number of aromatic nitrogens is 4. The lowest BCUT2D eigenvalue weighted by atomic mass is 9.87. The van der Waals surface area contributed by atoms with Crippen molar-refractivity contribution in [3.05, 3.63) is 5.82 Å². The Morgan fingerprint density at radius 2 is 2.05 bits per heavy atom. The first-order valence-corrected chi connectivity index (χ1v) is 7.36. The van der Waals surface area contributed by atoms with Gasteiger partial charge in [0.1, 0.15) is 0 Å². The predicted octanol–water partition coefficient (Wildman–Crippen LogP) is 2.78. The minimum atomic E-state index is -0.799. The number of rotatable bonds is 5. The van der Waals surface area contributed by atoms with Crippen LogP contribution in [0.25, 0.3) is 0 Å². The van der Waals surface area contributed by atoms with Crippen molar-refractivity contribution >= 4 is 5.97 Å². The zero-order chi connectivity index (χ0) is 14.8. The lowest BCUT2D eigenvalue weighted by Gasteiger charge is -2.26. The number of hydrogen-bond donors (Lipinski definition) is 1. The molecule has 0 spiro atoms. The fourth-order valence-corrected chi connectivity index (χ4v) is 3.07. The van der Waals surface area contributed by atoms with Gasteiger partial charge >= 0.3 is 5.97 Å². The molecule has 1 aliphatic rings. The Bertz CT molecular complexity index is 458. The SMILES string of the molecule is CC(C)(C)CC(CC(=O)O)n1nnnc1C1CCCC1. The molecule has 1 N–H and O–H groups in total. The summed E-state index contributed by atoms with van der Waals surface area (Å²) in [5.74, 6) is 0.464. The predicted molar refractivity (Wildman–Crippen MR) is 74.4 cm³/mol. The lowest BCUT2D eigenvalue weighted by Crippen LogP contribution is -2.23. The number of tetrazole rings is 1. The number of carboxylic acids is 1. The van der Waals surface area contributed by atoms with E-state index in [-0.39, 0.29) is 17.9 Å². The van der Waals surface area contributed by atoms with Gasteiger partial charge in [-0.05, 0) is 35.1 Å². The molecular weight excluding hydrogens is 256 g/mol. The normalized spacial score (nSPS) is 18.4. The summed E-state index contributed by atoms with van der Waals surface area (Å²) in [5.41, 5.74) is 0.0407. The molecule has 0 aromatic carbocycles. The van der Waals surface area contributed by atoms with Crippen LogP contribution in [0.15, 0.2) is 0 Å². The van der Waals surface area contributed by atoms with Crippen LogP contribution in [0.1, 0.15) is 77.1 Å². The van der Waals surface area contributed by atoms with Gasteiger partial charge in [0.25, 0.3) is 0 Å². The summed E-state index contributed by atoms with van der Waals surface area (Å²) in [7, 11) is 0. The van der Waals surface area contributed by atoms with Crippen molar-refractivity contribution in [3.8, 4) is 0 Å². The Morgan fingerprint density at radius 1 is 1.40 bits per heavy atom. The summed E-state index contributed by atoms with van der Waals surface area (Å²) in [5, 5.41) is 21.2. The topological polar surface area (TPSA) is 80.9 Å². The summed E-state index contributed by atoms with van der Waals surface area (Å²) < 4.78 is 1.77. The van der Waals surface area contributed by atoms with Crippen LogP contribution in [0.3, 0.4) is 0 Å². The van der Waals surface area contributed by atoms with Gasteiger partial charge in [-0.15, -0.1) is 5.10 Å². The highest BCUT2D eigenvalue weighted by Crippen LogP contribution is 2.36. The molecule has 0 aliphatic heterocycles. The van der Waals surface area contributed by atoms with E-state index in [1.165, 1.54) is 12.8 Å². The van der Waals surface area contributed by atoms with Crippen molar-refractivity contribution in [2.24, 2.45) is 5.41 Å². The van der Waals surface area contributed by atoms with E-state index in [0.717, 1.165) is 25.1 Å². The molecule has 0 amide bonds. The molecule has 1 saturated carbocycles. The molecule has 1 aromatic rings. The van der Waals surface area contributed by atoms with Crippen LogP contribution in [0.5, 0.6) is 0 Å². The third kappa shape index (κ3) is 3.77. The minimum absolute atomic E-state index is 0.0407. The van der Waals surface area contributed by atoms with Crippen molar-refractivity contribution in [1.29, 1.82) is 0 Å². The van der Waals surface area contributed by atoms with Crippen LogP contribution in [-0.4, -0.2) is 31.3 Å². The van der Waals surface area contributed by atoms with Gasteiger partial charge in [-0.3, -0.25) is 4.79 Å². The molecule has 6 heteroatoms. The number of hydrogen-bond acceptors (Lipinski definition) is 4. The molecule has 0 radical (unpaired) electrons. The maximum Gasteiger partial charge on any atom is 0.305 e. The van der Waals surface area contributed by atoms with Crippen molar-refractivity contribution in [3.63, 3.8) is 0 Å². The second kappa shape index (κ2) is 5.89. The molecule has 2 rings (SSSR count). The van der Waals surface area contributed by atoms with Gasteiger partial charge in [0.05, 0.1) is 12.5 Å². The van der Waals surface area contributed by atoms with E-state index in [4.69, 9.17) is 5.11 Å². The van der Waals surface area contributed by atoms with Crippen LogP contribution < -0.4 is 0 Å². The van der Waals surface area contributed by atoms with E-state index in [2.05, 4.69) is 36.3 Å².